The van der Waals surface area contributed by atoms with Crippen LogP contribution in [0.1, 0.15) is 30.9 Å². The predicted molar refractivity (Wildman–Crippen MR) is 82.7 cm³/mol. The SMILES string of the molecule is CCNCc1ccc(N2CCC(C(N)=O)CC2)c(C#N)c1. The maximum atomic E-state index is 11.2. The Kier molecular flexibility index (Phi) is 5.18. The lowest BCUT2D eigenvalue weighted by molar-refractivity contribution is -0.122. The molecule has 5 heteroatoms. The van der Waals surface area contributed by atoms with E-state index in [1.54, 1.807) is 0 Å². The summed E-state index contributed by atoms with van der Waals surface area (Å²) in [5.41, 5.74) is 8.13. The van der Waals surface area contributed by atoms with Crippen LogP contribution in [-0.4, -0.2) is 25.5 Å². The highest BCUT2D eigenvalue weighted by Crippen LogP contribution is 2.26. The summed E-state index contributed by atoms with van der Waals surface area (Å²) in [4.78, 5) is 13.4. The number of piperidine rings is 1. The molecule has 0 bridgehead atoms. The Labute approximate surface area is 125 Å². The van der Waals surface area contributed by atoms with Gasteiger partial charge in [-0.05, 0) is 37.1 Å². The Morgan fingerprint density at radius 1 is 1.48 bits per heavy atom. The molecule has 1 amide bonds. The van der Waals surface area contributed by atoms with Crippen LogP contribution in [0.25, 0.3) is 0 Å². The molecule has 0 unspecified atom stereocenters. The number of hydrogen-bond acceptors (Lipinski definition) is 4. The molecule has 5 nitrogen and oxygen atoms in total. The van der Waals surface area contributed by atoms with E-state index < -0.39 is 0 Å². The van der Waals surface area contributed by atoms with E-state index in [1.807, 2.05) is 12.1 Å². The van der Waals surface area contributed by atoms with Crippen molar-refractivity contribution in [3.05, 3.63) is 29.3 Å². The third-order valence-electron chi connectivity index (χ3n) is 4.00. The molecule has 0 saturated carbocycles. The largest absolute Gasteiger partial charge is 0.370 e. The second-order valence-corrected chi connectivity index (χ2v) is 5.41. The average molecular weight is 286 g/mol. The minimum absolute atomic E-state index is 0.0280. The lowest BCUT2D eigenvalue weighted by Gasteiger charge is -2.33. The number of hydrogen-bond donors (Lipinski definition) is 2. The van der Waals surface area contributed by atoms with Crippen LogP contribution in [0.5, 0.6) is 0 Å². The number of nitrogens with two attached hydrogens (primary N) is 1. The normalized spacial score (nSPS) is 15.7. The van der Waals surface area contributed by atoms with Crippen molar-refractivity contribution in [3.8, 4) is 6.07 Å². The fourth-order valence-electron chi connectivity index (χ4n) is 2.73. The standard InChI is InChI=1S/C16H22N4O/c1-2-19-11-12-3-4-15(14(9-12)10-17)20-7-5-13(6-8-20)16(18)21/h3-4,9,13,19H,2,5-8,11H2,1H3,(H2,18,21). The minimum Gasteiger partial charge on any atom is -0.370 e. The molecular weight excluding hydrogens is 264 g/mol. The predicted octanol–water partition coefficient (Wildman–Crippen LogP) is 1.37. The lowest BCUT2D eigenvalue weighted by atomic mass is 9.95. The summed E-state index contributed by atoms with van der Waals surface area (Å²) in [6.45, 7) is 5.28. The summed E-state index contributed by atoms with van der Waals surface area (Å²) in [7, 11) is 0. The molecule has 0 radical (unpaired) electrons. The van der Waals surface area contributed by atoms with Crippen LogP contribution >= 0.6 is 0 Å². The molecule has 3 N–H and O–H groups in total. The highest BCUT2D eigenvalue weighted by Gasteiger charge is 2.24. The number of carbonyl (C=O) groups excluding carboxylic acids is 1. The zero-order valence-electron chi connectivity index (χ0n) is 12.4. The van der Waals surface area contributed by atoms with E-state index in [0.29, 0.717) is 5.56 Å². The first kappa shape index (κ1) is 15.3. The van der Waals surface area contributed by atoms with E-state index in [9.17, 15) is 10.1 Å². The summed E-state index contributed by atoms with van der Waals surface area (Å²) in [6, 6.07) is 8.29. The van der Waals surface area contributed by atoms with Crippen LogP contribution in [0.4, 0.5) is 5.69 Å². The van der Waals surface area contributed by atoms with Crippen LogP contribution in [0.3, 0.4) is 0 Å². The van der Waals surface area contributed by atoms with E-state index in [0.717, 1.165) is 50.3 Å². The fourth-order valence-corrected chi connectivity index (χ4v) is 2.73. The van der Waals surface area contributed by atoms with Crippen LogP contribution in [0.15, 0.2) is 18.2 Å². The van der Waals surface area contributed by atoms with Crippen LogP contribution in [0, 0.1) is 17.2 Å². The molecule has 1 fully saturated rings. The molecule has 1 aromatic rings. The average Bonchev–Trinajstić information content (AvgIpc) is 2.52. The van der Waals surface area contributed by atoms with Gasteiger partial charge in [0.1, 0.15) is 6.07 Å². The van der Waals surface area contributed by atoms with Gasteiger partial charge in [0.15, 0.2) is 0 Å². The second kappa shape index (κ2) is 7.09. The van der Waals surface area contributed by atoms with E-state index in [-0.39, 0.29) is 11.8 Å². The Morgan fingerprint density at radius 2 is 2.19 bits per heavy atom. The van der Waals surface area contributed by atoms with Gasteiger partial charge in [-0.1, -0.05) is 13.0 Å². The van der Waals surface area contributed by atoms with Gasteiger partial charge in [0, 0.05) is 25.6 Å². The summed E-state index contributed by atoms with van der Waals surface area (Å²) in [5, 5.41) is 12.6. The van der Waals surface area contributed by atoms with Crippen molar-refractivity contribution < 1.29 is 4.79 Å². The summed E-state index contributed by atoms with van der Waals surface area (Å²) in [6.07, 6.45) is 1.53. The minimum atomic E-state index is -0.212. The number of nitrogens with zero attached hydrogens (tertiary/aromatic N) is 2. The summed E-state index contributed by atoms with van der Waals surface area (Å²) in [5.74, 6) is -0.240. The topological polar surface area (TPSA) is 82.2 Å². The molecule has 1 heterocycles. The molecule has 1 aliphatic heterocycles. The first-order valence-electron chi connectivity index (χ1n) is 7.43. The molecule has 1 aromatic carbocycles. The molecule has 0 aromatic heterocycles. The van der Waals surface area contributed by atoms with E-state index in [1.165, 1.54) is 0 Å². The summed E-state index contributed by atoms with van der Waals surface area (Å²) >= 11 is 0. The molecule has 1 aliphatic rings. The fraction of sp³-hybridized carbons (Fsp3) is 0.500. The van der Waals surface area contributed by atoms with E-state index in [4.69, 9.17) is 5.73 Å². The van der Waals surface area contributed by atoms with Gasteiger partial charge >= 0.3 is 0 Å². The number of nitrogens with one attached hydrogen (secondary N) is 1. The highest BCUT2D eigenvalue weighted by molar-refractivity contribution is 5.77. The number of amides is 1. The maximum Gasteiger partial charge on any atom is 0.220 e. The number of carbonyl (C=O) groups is 1. The third-order valence-corrected chi connectivity index (χ3v) is 4.00. The molecule has 0 aliphatic carbocycles. The molecular formula is C16H22N4O. The van der Waals surface area contributed by atoms with Gasteiger partial charge in [-0.25, -0.2) is 0 Å². The molecule has 1 saturated heterocycles. The molecule has 2 rings (SSSR count). The van der Waals surface area contributed by atoms with Gasteiger partial charge in [0.2, 0.25) is 5.91 Å². The Bertz CT molecular complexity index is 542. The van der Waals surface area contributed by atoms with Gasteiger partial charge in [0.25, 0.3) is 0 Å². The van der Waals surface area contributed by atoms with Crippen molar-refractivity contribution in [3.63, 3.8) is 0 Å². The van der Waals surface area contributed by atoms with Crippen LogP contribution in [0.2, 0.25) is 0 Å². The van der Waals surface area contributed by atoms with Crippen molar-refractivity contribution >= 4 is 11.6 Å². The van der Waals surface area contributed by atoms with E-state index in [2.05, 4.69) is 29.3 Å². The van der Waals surface area contributed by atoms with Crippen LogP contribution < -0.4 is 16.0 Å². The molecule has 21 heavy (non-hydrogen) atoms. The monoisotopic (exact) mass is 286 g/mol. The smallest absolute Gasteiger partial charge is 0.220 e. The number of rotatable bonds is 5. The molecule has 0 spiro atoms. The van der Waals surface area contributed by atoms with Gasteiger partial charge in [0.05, 0.1) is 11.3 Å². The first-order valence-corrected chi connectivity index (χ1v) is 7.43. The number of anilines is 1. The van der Waals surface area contributed by atoms with Crippen molar-refractivity contribution in [1.29, 1.82) is 5.26 Å². The number of benzene rings is 1. The number of primary amides is 1. The number of nitriles is 1. The van der Waals surface area contributed by atoms with Gasteiger partial charge in [-0.2, -0.15) is 5.26 Å². The Balaban J connectivity index is 2.10. The zero-order valence-corrected chi connectivity index (χ0v) is 12.4. The quantitative estimate of drug-likeness (QED) is 0.856. The molecule has 0 atom stereocenters. The Hall–Kier alpha value is -2.06. The molecule has 112 valence electrons. The maximum absolute atomic E-state index is 11.2. The van der Waals surface area contributed by atoms with Gasteiger partial charge in [-0.3, -0.25) is 4.79 Å². The zero-order chi connectivity index (χ0) is 15.2. The van der Waals surface area contributed by atoms with Gasteiger partial charge in [-0.15, -0.1) is 0 Å². The van der Waals surface area contributed by atoms with Gasteiger partial charge < -0.3 is 16.0 Å². The second-order valence-electron chi connectivity index (χ2n) is 5.41. The lowest BCUT2D eigenvalue weighted by Crippen LogP contribution is -2.38. The van der Waals surface area contributed by atoms with E-state index >= 15 is 0 Å². The van der Waals surface area contributed by atoms with Crippen molar-refractivity contribution in [1.82, 2.24) is 5.32 Å². The summed E-state index contributed by atoms with van der Waals surface area (Å²) < 4.78 is 0. The van der Waals surface area contributed by atoms with Crippen molar-refractivity contribution in [2.45, 2.75) is 26.3 Å². The van der Waals surface area contributed by atoms with Crippen molar-refractivity contribution in [2.75, 3.05) is 24.5 Å². The van der Waals surface area contributed by atoms with Crippen molar-refractivity contribution in [2.24, 2.45) is 11.7 Å². The highest BCUT2D eigenvalue weighted by atomic mass is 16.1. The first-order chi connectivity index (χ1) is 10.2. The van der Waals surface area contributed by atoms with Crippen LogP contribution in [-0.2, 0) is 11.3 Å². The Morgan fingerprint density at radius 3 is 2.76 bits per heavy atom. The third kappa shape index (κ3) is 3.73.